The van der Waals surface area contributed by atoms with Crippen LogP contribution in [0.2, 0.25) is 0 Å². The molecule has 4 aromatic rings. The number of nitrogens with zero attached hydrogens (tertiary/aromatic N) is 5. The first kappa shape index (κ1) is 19.6. The van der Waals surface area contributed by atoms with Crippen LogP contribution in [0.3, 0.4) is 0 Å². The second-order valence-electron chi connectivity index (χ2n) is 7.61. The SMILES string of the molecule is C=C(O)c1ccc(-c2cccc(C(=O)Nc3cccc(-c4nncn4C4CC4)n3)c2)cn1. The van der Waals surface area contributed by atoms with Gasteiger partial charge in [0.2, 0.25) is 0 Å². The number of carbonyl (C=O) groups excluding carboxylic acids is 1. The number of aliphatic hydroxyl groups excluding tert-OH is 1. The van der Waals surface area contributed by atoms with Gasteiger partial charge in [-0.2, -0.15) is 0 Å². The lowest BCUT2D eigenvalue weighted by Crippen LogP contribution is -2.13. The Morgan fingerprint density at radius 2 is 1.94 bits per heavy atom. The van der Waals surface area contributed by atoms with Crippen molar-refractivity contribution < 1.29 is 9.90 Å². The van der Waals surface area contributed by atoms with E-state index in [1.165, 1.54) is 0 Å². The van der Waals surface area contributed by atoms with Crippen molar-refractivity contribution in [1.29, 1.82) is 0 Å². The van der Waals surface area contributed by atoms with Crippen LogP contribution >= 0.6 is 0 Å². The fourth-order valence-electron chi connectivity index (χ4n) is 3.44. The van der Waals surface area contributed by atoms with Gasteiger partial charge in [0.25, 0.3) is 5.91 Å². The van der Waals surface area contributed by atoms with Crippen molar-refractivity contribution in [1.82, 2.24) is 24.7 Å². The zero-order valence-electron chi connectivity index (χ0n) is 17.1. The summed E-state index contributed by atoms with van der Waals surface area (Å²) < 4.78 is 2.03. The van der Waals surface area contributed by atoms with Gasteiger partial charge in [0, 0.05) is 23.4 Å². The molecule has 5 rings (SSSR count). The van der Waals surface area contributed by atoms with E-state index in [0.717, 1.165) is 24.0 Å². The molecule has 1 amide bonds. The second-order valence-corrected chi connectivity index (χ2v) is 7.61. The van der Waals surface area contributed by atoms with Crippen LogP contribution < -0.4 is 5.32 Å². The number of pyridine rings is 2. The van der Waals surface area contributed by atoms with Crippen LogP contribution in [0.25, 0.3) is 28.4 Å². The Morgan fingerprint density at radius 1 is 1.09 bits per heavy atom. The third-order valence-corrected chi connectivity index (χ3v) is 5.25. The van der Waals surface area contributed by atoms with E-state index in [4.69, 9.17) is 0 Å². The molecule has 3 aromatic heterocycles. The molecule has 1 aliphatic carbocycles. The zero-order chi connectivity index (χ0) is 22.1. The standard InChI is InChI=1S/C24H20N6O2/c1-15(31)20-11-8-18(13-25-20)16-4-2-5-17(12-16)24(32)28-22-7-3-6-21(27-22)23-29-26-14-30(23)19-9-10-19/h2-8,11-14,19,31H,1,9-10H2,(H,27,28,32). The topological polar surface area (TPSA) is 106 Å². The van der Waals surface area contributed by atoms with E-state index in [-0.39, 0.29) is 11.7 Å². The Bertz CT molecular complexity index is 1310. The maximum atomic E-state index is 12.9. The maximum Gasteiger partial charge on any atom is 0.256 e. The van der Waals surface area contributed by atoms with Crippen LogP contribution in [0.5, 0.6) is 0 Å². The summed E-state index contributed by atoms with van der Waals surface area (Å²) in [5.74, 6) is 0.783. The fourth-order valence-corrected chi connectivity index (χ4v) is 3.44. The highest BCUT2D eigenvalue weighted by Gasteiger charge is 2.27. The highest BCUT2D eigenvalue weighted by Crippen LogP contribution is 2.37. The lowest BCUT2D eigenvalue weighted by Gasteiger charge is -2.09. The molecule has 8 nitrogen and oxygen atoms in total. The van der Waals surface area contributed by atoms with Gasteiger partial charge in [0.1, 0.15) is 29.3 Å². The predicted molar refractivity (Wildman–Crippen MR) is 121 cm³/mol. The summed E-state index contributed by atoms with van der Waals surface area (Å²) in [4.78, 5) is 21.6. The third kappa shape index (κ3) is 3.98. The molecule has 0 saturated heterocycles. The number of nitrogens with one attached hydrogen (secondary N) is 1. The third-order valence-electron chi connectivity index (χ3n) is 5.25. The van der Waals surface area contributed by atoms with Gasteiger partial charge in [-0.3, -0.25) is 9.78 Å². The van der Waals surface area contributed by atoms with Crippen molar-refractivity contribution in [2.45, 2.75) is 18.9 Å². The van der Waals surface area contributed by atoms with E-state index in [0.29, 0.717) is 34.6 Å². The molecule has 3 heterocycles. The average molecular weight is 424 g/mol. The molecule has 0 bridgehead atoms. The summed E-state index contributed by atoms with van der Waals surface area (Å²) in [5.41, 5.74) is 3.22. The number of hydrogen-bond acceptors (Lipinski definition) is 6. The predicted octanol–water partition coefficient (Wildman–Crippen LogP) is 4.52. The molecule has 1 fully saturated rings. The van der Waals surface area contributed by atoms with Crippen LogP contribution in [0.15, 0.2) is 73.7 Å². The van der Waals surface area contributed by atoms with Gasteiger partial charge >= 0.3 is 0 Å². The van der Waals surface area contributed by atoms with Crippen LogP contribution in [-0.4, -0.2) is 35.7 Å². The second kappa shape index (κ2) is 8.07. The first-order valence-electron chi connectivity index (χ1n) is 10.2. The first-order valence-corrected chi connectivity index (χ1v) is 10.2. The molecule has 1 saturated carbocycles. The first-order chi connectivity index (χ1) is 15.6. The molecule has 1 aliphatic rings. The van der Waals surface area contributed by atoms with Crippen molar-refractivity contribution in [3.8, 4) is 22.6 Å². The number of benzene rings is 1. The smallest absolute Gasteiger partial charge is 0.256 e. The van der Waals surface area contributed by atoms with Crippen LogP contribution in [-0.2, 0) is 0 Å². The number of aromatic nitrogens is 5. The number of anilines is 1. The molecule has 0 unspecified atom stereocenters. The van der Waals surface area contributed by atoms with Gasteiger partial charge in [-0.25, -0.2) is 4.98 Å². The Hall–Kier alpha value is -4.33. The lowest BCUT2D eigenvalue weighted by atomic mass is 10.0. The van der Waals surface area contributed by atoms with E-state index in [1.807, 2.05) is 34.9 Å². The number of aliphatic hydroxyl groups is 1. The number of carbonyl (C=O) groups is 1. The minimum atomic E-state index is -0.270. The zero-order valence-corrected chi connectivity index (χ0v) is 17.1. The Morgan fingerprint density at radius 3 is 2.69 bits per heavy atom. The van der Waals surface area contributed by atoms with Crippen molar-refractivity contribution in [3.63, 3.8) is 0 Å². The van der Waals surface area contributed by atoms with Gasteiger partial charge in [0.05, 0.1) is 0 Å². The molecule has 8 heteroatoms. The summed E-state index contributed by atoms with van der Waals surface area (Å²) in [5, 5.41) is 20.5. The minimum Gasteiger partial charge on any atom is -0.506 e. The minimum absolute atomic E-state index is 0.0882. The molecule has 1 aromatic carbocycles. The highest BCUT2D eigenvalue weighted by atomic mass is 16.3. The summed E-state index contributed by atoms with van der Waals surface area (Å²) in [6.45, 7) is 3.47. The summed E-state index contributed by atoms with van der Waals surface area (Å²) in [6, 6.07) is 16.6. The van der Waals surface area contributed by atoms with Gasteiger partial charge in [-0.05, 0) is 48.7 Å². The molecule has 32 heavy (non-hydrogen) atoms. The van der Waals surface area contributed by atoms with Gasteiger partial charge in [-0.15, -0.1) is 10.2 Å². The monoisotopic (exact) mass is 424 g/mol. The average Bonchev–Trinajstić information content (AvgIpc) is 3.55. The maximum absolute atomic E-state index is 12.9. The van der Waals surface area contributed by atoms with Crippen molar-refractivity contribution >= 4 is 17.5 Å². The number of rotatable bonds is 6. The fraction of sp³-hybridized carbons (Fsp3) is 0.125. The molecular formula is C24H20N6O2. The van der Waals surface area contributed by atoms with E-state index in [1.54, 1.807) is 36.8 Å². The van der Waals surface area contributed by atoms with Gasteiger partial charge in [-0.1, -0.05) is 30.8 Å². The van der Waals surface area contributed by atoms with E-state index in [9.17, 15) is 9.90 Å². The van der Waals surface area contributed by atoms with Crippen molar-refractivity contribution in [2.75, 3.05) is 5.32 Å². The largest absolute Gasteiger partial charge is 0.506 e. The Labute approximate surface area is 184 Å². The summed E-state index contributed by atoms with van der Waals surface area (Å²) >= 11 is 0. The van der Waals surface area contributed by atoms with Gasteiger partial charge in [0.15, 0.2) is 5.82 Å². The summed E-state index contributed by atoms with van der Waals surface area (Å²) in [7, 11) is 0. The van der Waals surface area contributed by atoms with E-state index < -0.39 is 0 Å². The molecule has 0 aliphatic heterocycles. The molecule has 2 N–H and O–H groups in total. The normalized spacial score (nSPS) is 13.0. The molecule has 0 atom stereocenters. The Balaban J connectivity index is 1.36. The number of amides is 1. The lowest BCUT2D eigenvalue weighted by molar-refractivity contribution is 0.102. The Kier molecular flexibility index (Phi) is 4.95. The molecule has 0 spiro atoms. The van der Waals surface area contributed by atoms with E-state index in [2.05, 4.69) is 32.1 Å². The van der Waals surface area contributed by atoms with Crippen LogP contribution in [0.1, 0.15) is 34.9 Å². The van der Waals surface area contributed by atoms with Crippen molar-refractivity contribution in [3.05, 3.63) is 85.0 Å². The molecule has 158 valence electrons. The van der Waals surface area contributed by atoms with Crippen molar-refractivity contribution in [2.24, 2.45) is 0 Å². The quantitative estimate of drug-likeness (QED) is 0.441. The van der Waals surface area contributed by atoms with Crippen LogP contribution in [0, 0.1) is 0 Å². The van der Waals surface area contributed by atoms with E-state index >= 15 is 0 Å². The molecule has 0 radical (unpaired) electrons. The molecular weight excluding hydrogens is 404 g/mol. The number of hydrogen-bond donors (Lipinski definition) is 2. The van der Waals surface area contributed by atoms with Crippen LogP contribution in [0.4, 0.5) is 5.82 Å². The van der Waals surface area contributed by atoms with Gasteiger partial charge < -0.3 is 15.0 Å². The summed E-state index contributed by atoms with van der Waals surface area (Å²) in [6.07, 6.45) is 5.59. The highest BCUT2D eigenvalue weighted by molar-refractivity contribution is 6.04.